The Morgan fingerprint density at radius 2 is 2.00 bits per heavy atom. The molecule has 0 aromatic heterocycles. The van der Waals surface area contributed by atoms with Crippen LogP contribution in [0.5, 0.6) is 0 Å². The SMILES string of the molecule is CC(C)(O)CNC(=O)c1cc(F)ccc1C(N)=O. The number of halogens is 1. The first-order valence-electron chi connectivity index (χ1n) is 5.30. The summed E-state index contributed by atoms with van der Waals surface area (Å²) < 4.78 is 13.1. The van der Waals surface area contributed by atoms with Gasteiger partial charge in [0.25, 0.3) is 5.91 Å². The molecule has 6 heteroatoms. The summed E-state index contributed by atoms with van der Waals surface area (Å²) in [4.78, 5) is 22.9. The molecule has 4 N–H and O–H groups in total. The molecule has 18 heavy (non-hydrogen) atoms. The first-order valence-corrected chi connectivity index (χ1v) is 5.30. The molecule has 0 atom stereocenters. The Bertz CT molecular complexity index is 481. The molecule has 0 aliphatic heterocycles. The Hall–Kier alpha value is -1.95. The van der Waals surface area contributed by atoms with Gasteiger partial charge in [-0.2, -0.15) is 0 Å². The molecule has 0 unspecified atom stereocenters. The second kappa shape index (κ2) is 5.14. The molecule has 0 fully saturated rings. The van der Waals surface area contributed by atoms with Crippen LogP contribution in [0.3, 0.4) is 0 Å². The van der Waals surface area contributed by atoms with E-state index < -0.39 is 23.2 Å². The van der Waals surface area contributed by atoms with Crippen molar-refractivity contribution >= 4 is 11.8 Å². The number of rotatable bonds is 4. The maximum Gasteiger partial charge on any atom is 0.252 e. The molecule has 5 nitrogen and oxygen atoms in total. The molecule has 0 saturated heterocycles. The molecular weight excluding hydrogens is 239 g/mol. The van der Waals surface area contributed by atoms with Crippen LogP contribution in [0.15, 0.2) is 18.2 Å². The molecule has 0 spiro atoms. The fourth-order valence-corrected chi connectivity index (χ4v) is 1.31. The van der Waals surface area contributed by atoms with Gasteiger partial charge in [0.1, 0.15) is 5.82 Å². The van der Waals surface area contributed by atoms with Crippen LogP contribution in [0, 0.1) is 5.82 Å². The van der Waals surface area contributed by atoms with Gasteiger partial charge in [-0.15, -0.1) is 0 Å². The Labute approximate surface area is 104 Å². The smallest absolute Gasteiger partial charge is 0.252 e. The lowest BCUT2D eigenvalue weighted by Crippen LogP contribution is -2.38. The number of carbonyl (C=O) groups is 2. The van der Waals surface area contributed by atoms with E-state index in [-0.39, 0.29) is 17.7 Å². The van der Waals surface area contributed by atoms with E-state index in [1.54, 1.807) is 0 Å². The summed E-state index contributed by atoms with van der Waals surface area (Å²) in [5, 5.41) is 11.9. The van der Waals surface area contributed by atoms with Crippen molar-refractivity contribution < 1.29 is 19.1 Å². The third kappa shape index (κ3) is 3.81. The highest BCUT2D eigenvalue weighted by atomic mass is 19.1. The van der Waals surface area contributed by atoms with E-state index >= 15 is 0 Å². The number of nitrogens with one attached hydrogen (secondary N) is 1. The second-order valence-corrected chi connectivity index (χ2v) is 4.55. The van der Waals surface area contributed by atoms with Crippen molar-refractivity contribution in [1.29, 1.82) is 0 Å². The molecular formula is C12H15FN2O3. The highest BCUT2D eigenvalue weighted by molar-refractivity contribution is 6.06. The molecule has 0 radical (unpaired) electrons. The zero-order valence-electron chi connectivity index (χ0n) is 10.2. The van der Waals surface area contributed by atoms with Crippen LogP contribution in [0.2, 0.25) is 0 Å². The van der Waals surface area contributed by atoms with E-state index in [9.17, 15) is 19.1 Å². The van der Waals surface area contributed by atoms with Crippen molar-refractivity contribution in [1.82, 2.24) is 5.32 Å². The zero-order valence-corrected chi connectivity index (χ0v) is 10.2. The number of primary amides is 1. The summed E-state index contributed by atoms with van der Waals surface area (Å²) in [6.07, 6.45) is 0. The fraction of sp³-hybridized carbons (Fsp3) is 0.333. The maximum atomic E-state index is 13.1. The third-order valence-electron chi connectivity index (χ3n) is 2.17. The number of amides is 2. The molecule has 98 valence electrons. The molecule has 1 aromatic rings. The highest BCUT2D eigenvalue weighted by Gasteiger charge is 2.19. The van der Waals surface area contributed by atoms with Crippen molar-refractivity contribution in [3.8, 4) is 0 Å². The topological polar surface area (TPSA) is 92.4 Å². The van der Waals surface area contributed by atoms with Crippen LogP contribution in [0.25, 0.3) is 0 Å². The Kier molecular flexibility index (Phi) is 4.03. The lowest BCUT2D eigenvalue weighted by atomic mass is 10.1. The van der Waals surface area contributed by atoms with Gasteiger partial charge in [0.05, 0.1) is 16.7 Å². The number of nitrogens with two attached hydrogens (primary N) is 1. The van der Waals surface area contributed by atoms with E-state index in [0.717, 1.165) is 18.2 Å². The average Bonchev–Trinajstić information content (AvgIpc) is 2.24. The van der Waals surface area contributed by atoms with Crippen molar-refractivity contribution in [2.24, 2.45) is 5.73 Å². The van der Waals surface area contributed by atoms with Crippen LogP contribution in [0.1, 0.15) is 34.6 Å². The van der Waals surface area contributed by atoms with Gasteiger partial charge in [0.2, 0.25) is 5.91 Å². The van der Waals surface area contributed by atoms with Crippen LogP contribution < -0.4 is 11.1 Å². The van der Waals surface area contributed by atoms with E-state index in [1.165, 1.54) is 13.8 Å². The molecule has 0 saturated carbocycles. The minimum atomic E-state index is -1.10. The molecule has 0 aliphatic carbocycles. The minimum absolute atomic E-state index is 0.0272. The van der Waals surface area contributed by atoms with Gasteiger partial charge in [-0.25, -0.2) is 4.39 Å². The summed E-state index contributed by atoms with van der Waals surface area (Å²) >= 11 is 0. The van der Waals surface area contributed by atoms with Crippen LogP contribution >= 0.6 is 0 Å². The fourth-order valence-electron chi connectivity index (χ4n) is 1.31. The Morgan fingerprint density at radius 1 is 1.39 bits per heavy atom. The number of aliphatic hydroxyl groups is 1. The van der Waals surface area contributed by atoms with Crippen LogP contribution in [-0.2, 0) is 0 Å². The summed E-state index contributed by atoms with van der Waals surface area (Å²) in [6.45, 7) is 2.99. The van der Waals surface area contributed by atoms with Gasteiger partial charge in [-0.1, -0.05) is 0 Å². The summed E-state index contributed by atoms with van der Waals surface area (Å²) in [5.41, 5.74) is 3.78. The van der Waals surface area contributed by atoms with Gasteiger partial charge >= 0.3 is 0 Å². The maximum absolute atomic E-state index is 13.1. The van der Waals surface area contributed by atoms with Crippen molar-refractivity contribution in [2.75, 3.05) is 6.54 Å². The number of benzene rings is 1. The predicted octanol–water partition coefficient (Wildman–Crippen LogP) is 0.425. The first-order chi connectivity index (χ1) is 8.20. The number of hydrogen-bond acceptors (Lipinski definition) is 3. The average molecular weight is 254 g/mol. The minimum Gasteiger partial charge on any atom is -0.389 e. The van der Waals surface area contributed by atoms with E-state index in [1.807, 2.05) is 0 Å². The summed E-state index contributed by atoms with van der Waals surface area (Å²) in [5.74, 6) is -2.12. The lowest BCUT2D eigenvalue weighted by Gasteiger charge is -2.18. The monoisotopic (exact) mass is 254 g/mol. The van der Waals surface area contributed by atoms with E-state index in [4.69, 9.17) is 5.73 Å². The van der Waals surface area contributed by atoms with E-state index in [2.05, 4.69) is 5.32 Å². The quantitative estimate of drug-likeness (QED) is 0.727. The molecule has 0 heterocycles. The zero-order chi connectivity index (χ0) is 13.9. The third-order valence-corrected chi connectivity index (χ3v) is 2.17. The van der Waals surface area contributed by atoms with Gasteiger partial charge in [-0.3, -0.25) is 9.59 Å². The lowest BCUT2D eigenvalue weighted by molar-refractivity contribution is 0.0693. The largest absolute Gasteiger partial charge is 0.389 e. The molecule has 1 rings (SSSR count). The number of hydrogen-bond donors (Lipinski definition) is 3. The Morgan fingerprint density at radius 3 is 2.50 bits per heavy atom. The van der Waals surface area contributed by atoms with Gasteiger partial charge in [0.15, 0.2) is 0 Å². The van der Waals surface area contributed by atoms with Crippen molar-refractivity contribution in [3.63, 3.8) is 0 Å². The Balaban J connectivity index is 2.97. The van der Waals surface area contributed by atoms with Gasteiger partial charge < -0.3 is 16.2 Å². The first kappa shape index (κ1) is 14.1. The predicted molar refractivity (Wildman–Crippen MR) is 63.5 cm³/mol. The number of carbonyl (C=O) groups excluding carboxylic acids is 2. The van der Waals surface area contributed by atoms with Crippen LogP contribution in [0.4, 0.5) is 4.39 Å². The molecule has 0 bridgehead atoms. The standard InChI is InChI=1S/C12H15FN2O3/c1-12(2,18)6-15-11(17)9-5-7(13)3-4-8(9)10(14)16/h3-5,18H,6H2,1-2H3,(H2,14,16)(H,15,17). The van der Waals surface area contributed by atoms with Crippen LogP contribution in [-0.4, -0.2) is 29.1 Å². The van der Waals surface area contributed by atoms with Gasteiger partial charge in [0, 0.05) is 6.54 Å². The van der Waals surface area contributed by atoms with Crippen molar-refractivity contribution in [3.05, 3.63) is 35.1 Å². The highest BCUT2D eigenvalue weighted by Crippen LogP contribution is 2.11. The summed E-state index contributed by atoms with van der Waals surface area (Å²) in [6, 6.07) is 3.13. The van der Waals surface area contributed by atoms with Crippen molar-refractivity contribution in [2.45, 2.75) is 19.4 Å². The summed E-state index contributed by atoms with van der Waals surface area (Å²) in [7, 11) is 0. The van der Waals surface area contributed by atoms with Gasteiger partial charge in [-0.05, 0) is 32.0 Å². The molecule has 1 aromatic carbocycles. The second-order valence-electron chi connectivity index (χ2n) is 4.55. The molecule has 0 aliphatic rings. The normalized spacial score (nSPS) is 11.1. The van der Waals surface area contributed by atoms with E-state index in [0.29, 0.717) is 0 Å². The molecule has 2 amide bonds.